The summed E-state index contributed by atoms with van der Waals surface area (Å²) in [6, 6.07) is 7.01. The number of methoxy groups -OCH3 is 1. The quantitative estimate of drug-likeness (QED) is 0.608. The molecule has 2 N–H and O–H groups in total. The monoisotopic (exact) mass is 242 g/mol. The molecule has 0 heterocycles. The standard InChI is InChI=1S/C11H14O4S/c1-15-11(14)10(13)9(12)7-4-3-5-8(6-7)16-2/h3-6,9-10,12-13H,1-2H3. The van der Waals surface area contributed by atoms with Gasteiger partial charge >= 0.3 is 5.97 Å². The maximum atomic E-state index is 11.0. The Hall–Kier alpha value is -1.04. The molecule has 0 saturated carbocycles. The molecular formula is C11H14O4S. The predicted octanol–water partition coefficient (Wildman–Crippen LogP) is 0.976. The summed E-state index contributed by atoms with van der Waals surface area (Å²) in [5.41, 5.74) is 0.491. The van der Waals surface area contributed by atoms with Gasteiger partial charge in [0.2, 0.25) is 0 Å². The van der Waals surface area contributed by atoms with Crippen LogP contribution in [0.3, 0.4) is 0 Å². The first kappa shape index (κ1) is 13.0. The van der Waals surface area contributed by atoms with Crippen LogP contribution in [0.2, 0.25) is 0 Å². The smallest absolute Gasteiger partial charge is 0.337 e. The van der Waals surface area contributed by atoms with Gasteiger partial charge in [-0.1, -0.05) is 12.1 Å². The molecule has 1 aromatic carbocycles. The molecule has 0 saturated heterocycles. The zero-order chi connectivity index (χ0) is 12.1. The molecule has 16 heavy (non-hydrogen) atoms. The van der Waals surface area contributed by atoms with Gasteiger partial charge in [-0.2, -0.15) is 0 Å². The van der Waals surface area contributed by atoms with Crippen molar-refractivity contribution >= 4 is 17.7 Å². The average molecular weight is 242 g/mol. The van der Waals surface area contributed by atoms with E-state index in [0.29, 0.717) is 5.56 Å². The predicted molar refractivity (Wildman–Crippen MR) is 61.2 cm³/mol. The first-order chi connectivity index (χ1) is 7.60. The Morgan fingerprint density at radius 1 is 1.44 bits per heavy atom. The first-order valence-electron chi connectivity index (χ1n) is 4.68. The van der Waals surface area contributed by atoms with Crippen molar-refractivity contribution in [1.29, 1.82) is 0 Å². The minimum absolute atomic E-state index is 0.491. The van der Waals surface area contributed by atoms with E-state index in [0.717, 1.165) is 12.0 Å². The zero-order valence-corrected chi connectivity index (χ0v) is 9.90. The van der Waals surface area contributed by atoms with Crippen molar-refractivity contribution in [2.24, 2.45) is 0 Å². The number of carbonyl (C=O) groups is 1. The number of carbonyl (C=O) groups excluding carboxylic acids is 1. The van der Waals surface area contributed by atoms with E-state index < -0.39 is 18.2 Å². The van der Waals surface area contributed by atoms with Crippen molar-refractivity contribution in [3.05, 3.63) is 29.8 Å². The summed E-state index contributed by atoms with van der Waals surface area (Å²) >= 11 is 1.52. The second-order valence-electron chi connectivity index (χ2n) is 3.19. The largest absolute Gasteiger partial charge is 0.467 e. The molecular weight excluding hydrogens is 228 g/mol. The average Bonchev–Trinajstić information content (AvgIpc) is 2.36. The van der Waals surface area contributed by atoms with Gasteiger partial charge in [0, 0.05) is 4.90 Å². The number of benzene rings is 1. The molecule has 4 nitrogen and oxygen atoms in total. The number of esters is 1. The summed E-state index contributed by atoms with van der Waals surface area (Å²) in [6.07, 6.45) is -0.913. The van der Waals surface area contributed by atoms with Gasteiger partial charge in [-0.25, -0.2) is 4.79 Å². The van der Waals surface area contributed by atoms with Gasteiger partial charge in [-0.3, -0.25) is 0 Å². The lowest BCUT2D eigenvalue weighted by molar-refractivity contribution is -0.156. The Bertz CT molecular complexity index is 367. The topological polar surface area (TPSA) is 66.8 Å². The SMILES string of the molecule is COC(=O)C(O)C(O)c1cccc(SC)c1. The van der Waals surface area contributed by atoms with Gasteiger partial charge < -0.3 is 14.9 Å². The Morgan fingerprint density at radius 3 is 2.69 bits per heavy atom. The van der Waals surface area contributed by atoms with Crippen LogP contribution in [0.15, 0.2) is 29.2 Å². The van der Waals surface area contributed by atoms with E-state index in [1.807, 2.05) is 12.3 Å². The highest BCUT2D eigenvalue weighted by molar-refractivity contribution is 7.98. The van der Waals surface area contributed by atoms with E-state index >= 15 is 0 Å². The number of rotatable bonds is 4. The van der Waals surface area contributed by atoms with Crippen molar-refractivity contribution in [2.75, 3.05) is 13.4 Å². The molecule has 2 atom stereocenters. The third-order valence-corrected chi connectivity index (χ3v) is 2.90. The van der Waals surface area contributed by atoms with Crippen LogP contribution in [0.4, 0.5) is 0 Å². The molecule has 88 valence electrons. The molecule has 0 aliphatic carbocycles. The molecule has 0 aromatic heterocycles. The van der Waals surface area contributed by atoms with Gasteiger partial charge in [0.15, 0.2) is 6.10 Å². The van der Waals surface area contributed by atoms with Crippen LogP contribution >= 0.6 is 11.8 Å². The Labute approximate surface area is 98.2 Å². The molecule has 0 aliphatic heterocycles. The van der Waals surface area contributed by atoms with E-state index in [9.17, 15) is 15.0 Å². The van der Waals surface area contributed by atoms with Crippen LogP contribution in [0, 0.1) is 0 Å². The molecule has 5 heteroatoms. The van der Waals surface area contributed by atoms with Crippen LogP contribution < -0.4 is 0 Å². The Balaban J connectivity index is 2.86. The molecule has 0 amide bonds. The second kappa shape index (κ2) is 5.89. The van der Waals surface area contributed by atoms with Crippen molar-refractivity contribution in [3.63, 3.8) is 0 Å². The van der Waals surface area contributed by atoms with E-state index in [4.69, 9.17) is 0 Å². The van der Waals surface area contributed by atoms with E-state index in [-0.39, 0.29) is 0 Å². The zero-order valence-electron chi connectivity index (χ0n) is 9.08. The van der Waals surface area contributed by atoms with Crippen molar-refractivity contribution in [3.8, 4) is 0 Å². The third-order valence-electron chi connectivity index (χ3n) is 2.18. The van der Waals surface area contributed by atoms with Crippen LogP contribution in [0.25, 0.3) is 0 Å². The maximum Gasteiger partial charge on any atom is 0.337 e. The van der Waals surface area contributed by atoms with Crippen LogP contribution in [0.1, 0.15) is 11.7 Å². The summed E-state index contributed by atoms with van der Waals surface area (Å²) in [4.78, 5) is 12.0. The number of thioether (sulfide) groups is 1. The fourth-order valence-electron chi connectivity index (χ4n) is 1.26. The van der Waals surface area contributed by atoms with E-state index in [2.05, 4.69) is 4.74 Å². The fourth-order valence-corrected chi connectivity index (χ4v) is 1.73. The summed E-state index contributed by atoms with van der Waals surface area (Å²) in [7, 11) is 1.16. The molecule has 0 bridgehead atoms. The Morgan fingerprint density at radius 2 is 2.12 bits per heavy atom. The highest BCUT2D eigenvalue weighted by Gasteiger charge is 2.26. The van der Waals surface area contributed by atoms with Crippen molar-refractivity contribution in [1.82, 2.24) is 0 Å². The highest BCUT2D eigenvalue weighted by atomic mass is 32.2. The number of hydrogen-bond donors (Lipinski definition) is 2. The summed E-state index contributed by atoms with van der Waals surface area (Å²) in [5, 5.41) is 19.2. The van der Waals surface area contributed by atoms with Gasteiger partial charge in [-0.15, -0.1) is 11.8 Å². The molecule has 0 fully saturated rings. The molecule has 2 unspecified atom stereocenters. The summed E-state index contributed by atoms with van der Waals surface area (Å²) in [5.74, 6) is -0.845. The van der Waals surface area contributed by atoms with Gasteiger partial charge in [0.05, 0.1) is 7.11 Å². The van der Waals surface area contributed by atoms with Gasteiger partial charge in [0.25, 0.3) is 0 Å². The van der Waals surface area contributed by atoms with Crippen LogP contribution in [-0.4, -0.2) is 35.7 Å². The van der Waals surface area contributed by atoms with E-state index in [1.165, 1.54) is 11.8 Å². The summed E-state index contributed by atoms with van der Waals surface area (Å²) < 4.78 is 4.36. The lowest BCUT2D eigenvalue weighted by Gasteiger charge is -2.16. The minimum atomic E-state index is -1.55. The number of aliphatic hydroxyl groups excluding tert-OH is 2. The molecule has 0 radical (unpaired) electrons. The maximum absolute atomic E-state index is 11.0. The lowest BCUT2D eigenvalue weighted by Crippen LogP contribution is -2.29. The molecule has 1 aromatic rings. The van der Waals surface area contributed by atoms with Crippen LogP contribution in [-0.2, 0) is 9.53 Å². The normalized spacial score (nSPS) is 14.2. The number of hydrogen-bond acceptors (Lipinski definition) is 5. The van der Waals surface area contributed by atoms with Crippen molar-refractivity contribution < 1.29 is 19.7 Å². The van der Waals surface area contributed by atoms with E-state index in [1.54, 1.807) is 18.2 Å². The first-order valence-corrected chi connectivity index (χ1v) is 5.90. The molecule has 1 rings (SSSR count). The highest BCUT2D eigenvalue weighted by Crippen LogP contribution is 2.22. The Kier molecular flexibility index (Phi) is 4.79. The second-order valence-corrected chi connectivity index (χ2v) is 4.07. The van der Waals surface area contributed by atoms with Crippen molar-refractivity contribution in [2.45, 2.75) is 17.1 Å². The molecule has 0 spiro atoms. The van der Waals surface area contributed by atoms with Gasteiger partial charge in [-0.05, 0) is 24.0 Å². The molecule has 0 aliphatic rings. The fraction of sp³-hybridized carbons (Fsp3) is 0.364. The lowest BCUT2D eigenvalue weighted by atomic mass is 10.0. The third kappa shape index (κ3) is 2.98. The number of aliphatic hydroxyl groups is 2. The van der Waals surface area contributed by atoms with Crippen LogP contribution in [0.5, 0.6) is 0 Å². The minimum Gasteiger partial charge on any atom is -0.467 e. The van der Waals surface area contributed by atoms with Gasteiger partial charge in [0.1, 0.15) is 6.10 Å². The summed E-state index contributed by atoms with van der Waals surface area (Å²) in [6.45, 7) is 0. The number of ether oxygens (including phenoxy) is 1.